The second-order valence-electron chi connectivity index (χ2n) is 6.81. The molecule has 4 nitrogen and oxygen atoms in total. The van der Waals surface area contributed by atoms with Crippen molar-refractivity contribution in [1.82, 2.24) is 20.4 Å². The third-order valence-electron chi connectivity index (χ3n) is 4.76. The molecular formula is C22H38N4. The fraction of sp³-hybridized carbons (Fsp3) is 0.545. The Kier molecular flexibility index (Phi) is 12.3. The van der Waals surface area contributed by atoms with Crippen molar-refractivity contribution in [2.75, 3.05) is 32.8 Å². The molecule has 2 fully saturated rings. The van der Waals surface area contributed by atoms with Gasteiger partial charge in [-0.25, -0.2) is 0 Å². The lowest BCUT2D eigenvalue weighted by molar-refractivity contribution is 0.340. The fourth-order valence-corrected chi connectivity index (χ4v) is 3.05. The molecule has 2 N–H and O–H groups in total. The molecule has 0 aromatic carbocycles. The monoisotopic (exact) mass is 358 g/mol. The summed E-state index contributed by atoms with van der Waals surface area (Å²) in [5.74, 6) is 0.788. The van der Waals surface area contributed by atoms with E-state index < -0.39 is 0 Å². The summed E-state index contributed by atoms with van der Waals surface area (Å²) in [5, 5.41) is 6.65. The molecule has 0 saturated carbocycles. The summed E-state index contributed by atoms with van der Waals surface area (Å²) in [7, 11) is 0. The standard InChI is InChI=1S/C8H12N2.2C7H13N/c1-3-5-10-7-6-9(4-2)8-10;1-2-7-3-5-8-6-4-7;1-2-7-5-3-4-6-8-7/h3-4,6-7H,1-2,5,8H2;2*2,7-8H,1,3-6H2. The molecule has 0 aromatic heterocycles. The quantitative estimate of drug-likeness (QED) is 0.731. The largest absolute Gasteiger partial charge is 0.355 e. The van der Waals surface area contributed by atoms with Crippen LogP contribution in [0.15, 0.2) is 63.1 Å². The molecule has 3 aliphatic heterocycles. The number of hydrogen-bond acceptors (Lipinski definition) is 4. The van der Waals surface area contributed by atoms with Crippen LogP contribution in [-0.4, -0.2) is 48.7 Å². The van der Waals surface area contributed by atoms with E-state index in [1.165, 1.54) is 51.7 Å². The summed E-state index contributed by atoms with van der Waals surface area (Å²) >= 11 is 0. The summed E-state index contributed by atoms with van der Waals surface area (Å²) in [6.45, 7) is 20.1. The molecular weight excluding hydrogens is 320 g/mol. The zero-order valence-corrected chi connectivity index (χ0v) is 16.4. The average Bonchev–Trinajstić information content (AvgIpc) is 3.18. The maximum atomic E-state index is 3.76. The van der Waals surface area contributed by atoms with E-state index in [1.54, 1.807) is 6.20 Å². The predicted molar refractivity (Wildman–Crippen MR) is 115 cm³/mol. The van der Waals surface area contributed by atoms with Crippen molar-refractivity contribution in [2.45, 2.75) is 38.1 Å². The first-order valence-electron chi connectivity index (χ1n) is 9.84. The predicted octanol–water partition coefficient (Wildman–Crippen LogP) is 3.85. The molecule has 0 aromatic rings. The summed E-state index contributed by atoms with van der Waals surface area (Å²) in [6, 6.07) is 0.601. The lowest BCUT2D eigenvalue weighted by Gasteiger charge is -2.19. The van der Waals surface area contributed by atoms with E-state index in [-0.39, 0.29) is 0 Å². The van der Waals surface area contributed by atoms with Crippen LogP contribution in [0, 0.1) is 5.92 Å². The van der Waals surface area contributed by atoms with E-state index in [9.17, 15) is 0 Å². The van der Waals surface area contributed by atoms with Gasteiger partial charge in [0.25, 0.3) is 0 Å². The Balaban J connectivity index is 0.000000197. The van der Waals surface area contributed by atoms with Gasteiger partial charge < -0.3 is 20.4 Å². The molecule has 0 amide bonds. The Morgan fingerprint density at radius 2 is 1.69 bits per heavy atom. The zero-order valence-electron chi connectivity index (χ0n) is 16.4. The van der Waals surface area contributed by atoms with Gasteiger partial charge in [-0.15, -0.1) is 19.7 Å². The molecule has 146 valence electrons. The minimum atomic E-state index is 0.601. The Labute approximate surface area is 161 Å². The highest BCUT2D eigenvalue weighted by molar-refractivity contribution is 4.96. The van der Waals surface area contributed by atoms with Gasteiger partial charge in [-0.3, -0.25) is 0 Å². The Bertz CT molecular complexity index is 409. The number of piperidine rings is 2. The van der Waals surface area contributed by atoms with E-state index >= 15 is 0 Å². The van der Waals surface area contributed by atoms with Crippen LogP contribution in [0.1, 0.15) is 32.1 Å². The summed E-state index contributed by atoms with van der Waals surface area (Å²) in [5.41, 5.74) is 0. The highest BCUT2D eigenvalue weighted by Gasteiger charge is 2.08. The number of nitrogens with one attached hydrogen (secondary N) is 2. The van der Waals surface area contributed by atoms with Crippen molar-refractivity contribution < 1.29 is 0 Å². The van der Waals surface area contributed by atoms with Crippen LogP contribution in [0.3, 0.4) is 0 Å². The van der Waals surface area contributed by atoms with Gasteiger partial charge in [-0.2, -0.15) is 0 Å². The molecule has 1 unspecified atom stereocenters. The van der Waals surface area contributed by atoms with Gasteiger partial charge in [0.05, 0.1) is 6.67 Å². The van der Waals surface area contributed by atoms with Crippen LogP contribution in [-0.2, 0) is 0 Å². The topological polar surface area (TPSA) is 30.5 Å². The summed E-state index contributed by atoms with van der Waals surface area (Å²) < 4.78 is 0. The lowest BCUT2D eigenvalue weighted by atomic mass is 9.99. The smallest absolute Gasteiger partial charge is 0.0939 e. The second kappa shape index (κ2) is 14.4. The Hall–Kier alpha value is -1.78. The van der Waals surface area contributed by atoms with Gasteiger partial charge in [0.2, 0.25) is 0 Å². The minimum Gasteiger partial charge on any atom is -0.355 e. The van der Waals surface area contributed by atoms with Crippen LogP contribution in [0.4, 0.5) is 0 Å². The van der Waals surface area contributed by atoms with E-state index in [1.807, 2.05) is 29.5 Å². The van der Waals surface area contributed by atoms with E-state index in [2.05, 4.69) is 47.9 Å². The van der Waals surface area contributed by atoms with E-state index in [0.29, 0.717) is 6.04 Å². The minimum absolute atomic E-state index is 0.601. The highest BCUT2D eigenvalue weighted by Crippen LogP contribution is 2.11. The van der Waals surface area contributed by atoms with E-state index in [4.69, 9.17) is 0 Å². The van der Waals surface area contributed by atoms with Gasteiger partial charge in [0, 0.05) is 25.0 Å². The second-order valence-corrected chi connectivity index (χ2v) is 6.81. The Morgan fingerprint density at radius 1 is 0.923 bits per heavy atom. The summed E-state index contributed by atoms with van der Waals surface area (Å²) in [6.07, 6.45) is 18.3. The lowest BCUT2D eigenvalue weighted by Crippen LogP contribution is -2.31. The van der Waals surface area contributed by atoms with Crippen LogP contribution in [0.2, 0.25) is 0 Å². The van der Waals surface area contributed by atoms with Crippen LogP contribution in [0.5, 0.6) is 0 Å². The maximum absolute atomic E-state index is 3.76. The maximum Gasteiger partial charge on any atom is 0.0939 e. The molecule has 26 heavy (non-hydrogen) atoms. The van der Waals surface area contributed by atoms with Gasteiger partial charge >= 0.3 is 0 Å². The Morgan fingerprint density at radius 3 is 2.12 bits per heavy atom. The van der Waals surface area contributed by atoms with Crippen LogP contribution >= 0.6 is 0 Å². The first kappa shape index (κ1) is 22.3. The summed E-state index contributed by atoms with van der Waals surface area (Å²) in [4.78, 5) is 4.16. The highest BCUT2D eigenvalue weighted by atomic mass is 15.3. The van der Waals surface area contributed by atoms with Crippen molar-refractivity contribution in [1.29, 1.82) is 0 Å². The fourth-order valence-electron chi connectivity index (χ4n) is 3.05. The van der Waals surface area contributed by atoms with Crippen LogP contribution < -0.4 is 10.6 Å². The number of hydrogen-bond donors (Lipinski definition) is 2. The van der Waals surface area contributed by atoms with Crippen molar-refractivity contribution >= 4 is 0 Å². The molecule has 4 heteroatoms. The van der Waals surface area contributed by atoms with Gasteiger partial charge in [-0.05, 0) is 57.4 Å². The average molecular weight is 359 g/mol. The van der Waals surface area contributed by atoms with Crippen LogP contribution in [0.25, 0.3) is 0 Å². The van der Waals surface area contributed by atoms with Gasteiger partial charge in [-0.1, -0.05) is 31.2 Å². The van der Waals surface area contributed by atoms with Crippen molar-refractivity contribution in [3.8, 4) is 0 Å². The van der Waals surface area contributed by atoms with Crippen molar-refractivity contribution in [3.05, 3.63) is 63.1 Å². The molecule has 0 bridgehead atoms. The van der Waals surface area contributed by atoms with Gasteiger partial charge in [0.15, 0.2) is 0 Å². The number of allylic oxidation sites excluding steroid dienone is 1. The first-order chi connectivity index (χ1) is 12.7. The van der Waals surface area contributed by atoms with Gasteiger partial charge in [0.1, 0.15) is 0 Å². The zero-order chi connectivity index (χ0) is 19.0. The molecule has 0 aliphatic carbocycles. The first-order valence-corrected chi connectivity index (χ1v) is 9.84. The van der Waals surface area contributed by atoms with Crippen molar-refractivity contribution in [3.63, 3.8) is 0 Å². The third kappa shape index (κ3) is 9.64. The third-order valence-corrected chi connectivity index (χ3v) is 4.76. The number of nitrogens with zero attached hydrogens (tertiary/aromatic N) is 2. The van der Waals surface area contributed by atoms with Crippen molar-refractivity contribution in [2.24, 2.45) is 5.92 Å². The molecule has 1 atom stereocenters. The molecule has 0 radical (unpaired) electrons. The normalized spacial score (nSPS) is 22.4. The molecule has 0 spiro atoms. The van der Waals surface area contributed by atoms with E-state index in [0.717, 1.165) is 19.1 Å². The SMILES string of the molecule is C=CC1CCCCN1.C=CC1CCNCC1.C=CCN1C=CN(C=C)C1. The molecule has 3 aliphatic rings. The molecule has 2 saturated heterocycles. The molecule has 3 heterocycles. The molecule has 3 rings (SSSR count). The number of rotatable bonds is 5.